The minimum atomic E-state index is -3.60. The van der Waals surface area contributed by atoms with Crippen molar-refractivity contribution >= 4 is 16.0 Å². The van der Waals surface area contributed by atoms with Gasteiger partial charge in [0, 0.05) is 17.8 Å². The number of ether oxygens (including phenoxy) is 1. The lowest BCUT2D eigenvalue weighted by Crippen LogP contribution is -2.25. The van der Waals surface area contributed by atoms with E-state index in [1.54, 1.807) is 20.8 Å². The van der Waals surface area contributed by atoms with Crippen LogP contribution < -0.4 is 4.72 Å². The van der Waals surface area contributed by atoms with Gasteiger partial charge in [-0.15, -0.1) is 0 Å². The Morgan fingerprint density at radius 3 is 2.47 bits per heavy atom. The second-order valence-electron chi connectivity index (χ2n) is 4.20. The first-order valence-electron chi connectivity index (χ1n) is 6.21. The molecule has 1 aromatic rings. The van der Waals surface area contributed by atoms with Gasteiger partial charge in [0.25, 0.3) is 0 Å². The molecule has 19 heavy (non-hydrogen) atoms. The Morgan fingerprint density at radius 2 is 1.95 bits per heavy atom. The van der Waals surface area contributed by atoms with Crippen molar-refractivity contribution in [3.63, 3.8) is 0 Å². The van der Waals surface area contributed by atoms with Crippen LogP contribution in [0.25, 0.3) is 0 Å². The summed E-state index contributed by atoms with van der Waals surface area (Å²) in [5.41, 5.74) is 1.01. The van der Waals surface area contributed by atoms with Crippen LogP contribution in [-0.4, -0.2) is 32.5 Å². The summed E-state index contributed by atoms with van der Waals surface area (Å²) in [5.74, 6) is -0.542. The van der Waals surface area contributed by atoms with Crippen LogP contribution in [0.3, 0.4) is 0 Å². The Kier molecular flexibility index (Phi) is 5.13. The summed E-state index contributed by atoms with van der Waals surface area (Å²) in [7, 11) is -3.60. The van der Waals surface area contributed by atoms with Crippen LogP contribution >= 0.6 is 0 Å². The number of carbonyl (C=O) groups excluding carboxylic acids is 1. The molecule has 0 aliphatic heterocycles. The molecule has 0 radical (unpaired) electrons. The molecule has 6 nitrogen and oxygen atoms in total. The van der Waals surface area contributed by atoms with Gasteiger partial charge >= 0.3 is 5.97 Å². The smallest absolute Gasteiger partial charge is 0.355 e. The maximum absolute atomic E-state index is 12.1. The second-order valence-corrected chi connectivity index (χ2v) is 5.90. The van der Waals surface area contributed by atoms with Gasteiger partial charge in [-0.1, -0.05) is 6.92 Å². The number of hydrogen-bond acceptors (Lipinski definition) is 4. The fraction of sp³-hybridized carbons (Fsp3) is 0.583. The van der Waals surface area contributed by atoms with E-state index in [9.17, 15) is 13.2 Å². The topological polar surface area (TPSA) is 88.3 Å². The van der Waals surface area contributed by atoms with E-state index in [0.717, 1.165) is 0 Å². The van der Waals surface area contributed by atoms with Crippen molar-refractivity contribution in [3.05, 3.63) is 17.0 Å². The summed E-state index contributed by atoms with van der Waals surface area (Å²) < 4.78 is 31.7. The highest BCUT2D eigenvalue weighted by Crippen LogP contribution is 2.23. The molecule has 2 N–H and O–H groups in total. The van der Waals surface area contributed by atoms with Crippen molar-refractivity contribution in [2.24, 2.45) is 0 Å². The molecule has 1 aromatic heterocycles. The number of carbonyl (C=O) groups is 1. The van der Waals surface area contributed by atoms with E-state index in [1.807, 2.05) is 6.92 Å². The van der Waals surface area contributed by atoms with E-state index < -0.39 is 16.0 Å². The van der Waals surface area contributed by atoms with Gasteiger partial charge in [0.15, 0.2) is 0 Å². The van der Waals surface area contributed by atoms with Gasteiger partial charge in [0.05, 0.1) is 6.61 Å². The van der Waals surface area contributed by atoms with Crippen molar-refractivity contribution in [1.29, 1.82) is 0 Å². The van der Waals surface area contributed by atoms with Gasteiger partial charge in [0.2, 0.25) is 10.0 Å². The van der Waals surface area contributed by atoms with E-state index in [1.165, 1.54) is 0 Å². The van der Waals surface area contributed by atoms with Crippen LogP contribution in [0.5, 0.6) is 0 Å². The summed E-state index contributed by atoms with van der Waals surface area (Å²) in [5, 5.41) is 0. The fourth-order valence-electron chi connectivity index (χ4n) is 1.85. The average Bonchev–Trinajstić information content (AvgIpc) is 2.63. The van der Waals surface area contributed by atoms with Crippen LogP contribution in [-0.2, 0) is 14.8 Å². The Bertz CT molecular complexity index is 561. The third-order valence-corrected chi connectivity index (χ3v) is 4.39. The third-order valence-electron chi connectivity index (χ3n) is 2.66. The lowest BCUT2D eigenvalue weighted by molar-refractivity contribution is 0.0519. The molecule has 7 heteroatoms. The molecule has 1 rings (SSSR count). The molecule has 0 aliphatic carbocycles. The summed E-state index contributed by atoms with van der Waals surface area (Å²) >= 11 is 0. The van der Waals surface area contributed by atoms with Crippen molar-refractivity contribution in [2.45, 2.75) is 39.0 Å². The van der Waals surface area contributed by atoms with Crippen LogP contribution in [0.2, 0.25) is 0 Å². The zero-order valence-electron chi connectivity index (χ0n) is 11.7. The van der Waals surface area contributed by atoms with Gasteiger partial charge in [-0.2, -0.15) is 0 Å². The van der Waals surface area contributed by atoms with Crippen molar-refractivity contribution in [2.75, 3.05) is 13.2 Å². The minimum absolute atomic E-state index is 0.129. The zero-order chi connectivity index (χ0) is 14.6. The number of aromatic nitrogens is 1. The number of aromatic amines is 1. The first-order valence-corrected chi connectivity index (χ1v) is 7.69. The van der Waals surface area contributed by atoms with Crippen LogP contribution in [0.1, 0.15) is 42.0 Å². The highest BCUT2D eigenvalue weighted by molar-refractivity contribution is 7.89. The predicted octanol–water partition coefficient (Wildman–Crippen LogP) is 1.50. The standard InChI is InChI=1S/C12H20N2O4S/c1-5-7-13-19(16,17)11-8(3)10(14-9(11)4)12(15)18-6-2/h13-14H,5-7H2,1-4H3. The van der Waals surface area contributed by atoms with E-state index in [-0.39, 0.29) is 17.2 Å². The molecular weight excluding hydrogens is 268 g/mol. The zero-order valence-corrected chi connectivity index (χ0v) is 12.5. The van der Waals surface area contributed by atoms with Crippen molar-refractivity contribution in [3.8, 4) is 0 Å². The highest BCUT2D eigenvalue weighted by Gasteiger charge is 2.26. The number of nitrogens with one attached hydrogen (secondary N) is 2. The second kappa shape index (κ2) is 6.21. The Labute approximate surface area is 113 Å². The maximum atomic E-state index is 12.1. The van der Waals surface area contributed by atoms with E-state index in [4.69, 9.17) is 4.74 Å². The minimum Gasteiger partial charge on any atom is -0.461 e. The Morgan fingerprint density at radius 1 is 1.32 bits per heavy atom. The molecule has 0 unspecified atom stereocenters. The molecule has 0 amide bonds. The van der Waals surface area contributed by atoms with E-state index in [0.29, 0.717) is 24.2 Å². The number of rotatable bonds is 6. The average molecular weight is 288 g/mol. The van der Waals surface area contributed by atoms with Crippen LogP contribution in [0.15, 0.2) is 4.90 Å². The van der Waals surface area contributed by atoms with Gasteiger partial charge < -0.3 is 9.72 Å². The van der Waals surface area contributed by atoms with Gasteiger partial charge in [-0.05, 0) is 27.2 Å². The van der Waals surface area contributed by atoms with E-state index >= 15 is 0 Å². The number of esters is 1. The molecular formula is C12H20N2O4S. The Balaban J connectivity index is 3.20. The van der Waals surface area contributed by atoms with Gasteiger partial charge in [-0.3, -0.25) is 0 Å². The number of aryl methyl sites for hydroxylation is 1. The third kappa shape index (κ3) is 3.36. The fourth-order valence-corrected chi connectivity index (χ4v) is 3.43. The highest BCUT2D eigenvalue weighted by atomic mass is 32.2. The summed E-state index contributed by atoms with van der Waals surface area (Å²) in [6.45, 7) is 7.40. The molecule has 108 valence electrons. The van der Waals surface area contributed by atoms with Gasteiger partial charge in [-0.25, -0.2) is 17.9 Å². The molecule has 0 bridgehead atoms. The maximum Gasteiger partial charge on any atom is 0.355 e. The molecule has 0 saturated carbocycles. The summed E-state index contributed by atoms with van der Waals surface area (Å²) in [6.07, 6.45) is 0.701. The normalized spacial score (nSPS) is 11.6. The number of hydrogen-bond donors (Lipinski definition) is 2. The van der Waals surface area contributed by atoms with Crippen molar-refractivity contribution < 1.29 is 17.9 Å². The SMILES string of the molecule is CCCNS(=O)(=O)c1c(C)[nH]c(C(=O)OCC)c1C. The van der Waals surface area contributed by atoms with E-state index in [2.05, 4.69) is 9.71 Å². The predicted molar refractivity (Wildman–Crippen MR) is 71.7 cm³/mol. The number of sulfonamides is 1. The lowest BCUT2D eigenvalue weighted by Gasteiger charge is -2.06. The molecule has 0 atom stereocenters. The molecule has 0 aromatic carbocycles. The number of H-pyrrole nitrogens is 1. The Hall–Kier alpha value is -1.34. The lowest BCUT2D eigenvalue weighted by atomic mass is 10.2. The molecule has 1 heterocycles. The molecule has 0 spiro atoms. The summed E-state index contributed by atoms with van der Waals surface area (Å²) in [6, 6.07) is 0. The monoisotopic (exact) mass is 288 g/mol. The molecule has 0 aliphatic rings. The van der Waals surface area contributed by atoms with Crippen molar-refractivity contribution in [1.82, 2.24) is 9.71 Å². The first-order chi connectivity index (χ1) is 8.85. The quantitative estimate of drug-likeness (QED) is 0.776. The first kappa shape index (κ1) is 15.7. The van der Waals surface area contributed by atoms with Gasteiger partial charge in [0.1, 0.15) is 10.6 Å². The van der Waals surface area contributed by atoms with Crippen LogP contribution in [0, 0.1) is 13.8 Å². The molecule has 0 saturated heterocycles. The molecule has 0 fully saturated rings. The van der Waals surface area contributed by atoms with Crippen LogP contribution in [0.4, 0.5) is 0 Å². The largest absolute Gasteiger partial charge is 0.461 e. The summed E-state index contributed by atoms with van der Waals surface area (Å²) in [4.78, 5) is 14.6.